The van der Waals surface area contributed by atoms with Crippen LogP contribution in [0.3, 0.4) is 0 Å². The number of hydrogen-bond acceptors (Lipinski definition) is 0. The Kier molecular flexibility index (Phi) is 12.0. The van der Waals surface area contributed by atoms with Gasteiger partial charge in [0, 0.05) is 0 Å². The van der Waals surface area contributed by atoms with Gasteiger partial charge >= 0.3 is 30.2 Å². The van der Waals surface area contributed by atoms with Gasteiger partial charge in [-0.25, -0.2) is 0 Å². The van der Waals surface area contributed by atoms with Crippen molar-refractivity contribution < 1.29 is 23.3 Å². The Labute approximate surface area is 209 Å². The normalized spacial score (nSPS) is 9.33. The monoisotopic (exact) mass is 525 g/mol. The number of halogens is 2. The molecule has 0 aliphatic carbocycles. The van der Waals surface area contributed by atoms with Gasteiger partial charge in [0.25, 0.3) is 0 Å². The van der Waals surface area contributed by atoms with Crippen molar-refractivity contribution in [1.82, 2.24) is 0 Å². The van der Waals surface area contributed by atoms with Gasteiger partial charge in [-0.05, 0) is 28.5 Å². The van der Waals surface area contributed by atoms with Gasteiger partial charge in [-0.2, -0.15) is 0 Å². The van der Waals surface area contributed by atoms with E-state index in [0.29, 0.717) is 0 Å². The van der Waals surface area contributed by atoms with Crippen molar-refractivity contribution in [2.24, 2.45) is 0 Å². The summed E-state index contributed by atoms with van der Waals surface area (Å²) >= 11 is 1.36. The fraction of sp³-hybridized carbons (Fsp3) is 0.0385. The number of fused-ring (bicyclic) bond motifs is 4. The second kappa shape index (κ2) is 12.5. The van der Waals surface area contributed by atoms with E-state index in [1.165, 1.54) is 72.3 Å². The van der Waals surface area contributed by atoms with Crippen LogP contribution in [0.5, 0.6) is 0 Å². The minimum absolute atomic E-state index is 0. The maximum absolute atomic E-state index is 3.06. The van der Waals surface area contributed by atoms with Crippen molar-refractivity contribution >= 4 is 64.0 Å². The van der Waals surface area contributed by atoms with Crippen molar-refractivity contribution in [1.29, 1.82) is 0 Å². The molecule has 154 valence electrons. The van der Waals surface area contributed by atoms with Gasteiger partial charge in [0.2, 0.25) is 0 Å². The van der Waals surface area contributed by atoms with Crippen molar-refractivity contribution in [3.05, 3.63) is 105 Å². The summed E-state index contributed by atoms with van der Waals surface area (Å²) in [5, 5.41) is 7.91. The van der Waals surface area contributed by atoms with Crippen LogP contribution in [0.4, 0.5) is 0 Å². The van der Waals surface area contributed by atoms with Crippen LogP contribution in [0.1, 0.15) is 5.56 Å². The van der Waals surface area contributed by atoms with E-state index in [2.05, 4.69) is 98.7 Å². The van der Waals surface area contributed by atoms with E-state index in [-0.39, 0.29) is 39.7 Å². The van der Waals surface area contributed by atoms with Crippen LogP contribution >= 0.6 is 24.8 Å². The summed E-state index contributed by atoms with van der Waals surface area (Å²) in [5.74, 6) is 0. The first kappa shape index (κ1) is 28.7. The molecule has 0 aliphatic rings. The predicted octanol–water partition coefficient (Wildman–Crippen LogP) is 8.20. The molecule has 0 N–H and O–H groups in total. The van der Waals surface area contributed by atoms with Crippen molar-refractivity contribution in [3.8, 4) is 11.1 Å². The van der Waals surface area contributed by atoms with Crippen LogP contribution in [-0.4, -0.2) is 6.88 Å². The molecule has 0 fully saturated rings. The van der Waals surface area contributed by atoms with E-state index in [1.807, 2.05) is 0 Å². The van der Waals surface area contributed by atoms with Crippen molar-refractivity contribution in [2.75, 3.05) is 0 Å². The van der Waals surface area contributed by atoms with Crippen LogP contribution in [0.2, 0.25) is 0 Å². The van der Waals surface area contributed by atoms with E-state index in [4.69, 9.17) is 0 Å². The summed E-state index contributed by atoms with van der Waals surface area (Å²) in [6, 6.07) is 31.0. The quantitative estimate of drug-likeness (QED) is 0.117. The first-order valence-electron chi connectivity index (χ1n) is 8.62. The first-order valence-corrected chi connectivity index (χ1v) is 12.8. The van der Waals surface area contributed by atoms with Gasteiger partial charge in [-0.3, -0.25) is 0 Å². The third-order valence-electron chi connectivity index (χ3n) is 4.91. The zero-order valence-corrected chi connectivity index (χ0v) is 22.5. The molecular weight excluding hydrogens is 503 g/mol. The van der Waals surface area contributed by atoms with Gasteiger partial charge in [0.05, 0.1) is 0 Å². The van der Waals surface area contributed by atoms with E-state index in [9.17, 15) is 0 Å². The molecule has 0 saturated heterocycles. The summed E-state index contributed by atoms with van der Waals surface area (Å²) in [6.07, 6.45) is 0. The predicted molar refractivity (Wildman–Crippen MR) is 138 cm³/mol. The van der Waals surface area contributed by atoms with Gasteiger partial charge in [-0.15, -0.1) is 59.3 Å². The van der Waals surface area contributed by atoms with Gasteiger partial charge in [0.15, 0.2) is 0 Å². The topological polar surface area (TPSA) is 0 Å². The fourth-order valence-corrected chi connectivity index (χ4v) is 3.83. The molecule has 0 aromatic heterocycles. The van der Waals surface area contributed by atoms with Crippen LogP contribution < -0.4 is 0 Å². The van der Waals surface area contributed by atoms with Crippen LogP contribution in [-0.2, 0) is 23.3 Å². The van der Waals surface area contributed by atoms with E-state index < -0.39 is 0 Å². The van der Waals surface area contributed by atoms with E-state index >= 15 is 0 Å². The molecule has 5 aromatic carbocycles. The Morgan fingerprint density at radius 1 is 0.700 bits per heavy atom. The molecule has 0 bridgehead atoms. The minimum atomic E-state index is 0. The molecule has 0 saturated carbocycles. The molecule has 5 rings (SSSR count). The molecule has 0 atom stereocenters. The number of benzene rings is 4. The number of aryl methyl sites for hydroxylation is 1. The summed E-state index contributed by atoms with van der Waals surface area (Å²) in [5.41, 5.74) is 3.94. The maximum atomic E-state index is 3.06. The zero-order chi connectivity index (χ0) is 18.1. The molecule has 0 unspecified atom stereocenters. The van der Waals surface area contributed by atoms with E-state index in [0.717, 1.165) is 0 Å². The molecule has 0 amide bonds. The summed E-state index contributed by atoms with van der Waals surface area (Å²) < 4.78 is 0. The van der Waals surface area contributed by atoms with Crippen LogP contribution in [0.25, 0.3) is 43.4 Å². The number of rotatable bonds is 1. The van der Waals surface area contributed by atoms with Gasteiger partial charge in [0.1, 0.15) is 0 Å². The standard InChI is InChI=1S/C24H17.2CH3.2ClH.Si.Zr/c1-16-12-20-11-10-17-6-4-5-9-22(17)24(20)23(13-16)21-14-18-7-2-3-8-19(18)15-21;;;;;;/h2-15H,1H3;2*1H3;2*1H;;/q3*-1;;;;. The van der Waals surface area contributed by atoms with Crippen molar-refractivity contribution in [3.63, 3.8) is 0 Å². The molecular formula is C26H25Cl2SiZr-3. The number of hydrogen-bond donors (Lipinski definition) is 0. The fourth-order valence-electron chi connectivity index (χ4n) is 3.83. The molecule has 5 aromatic rings. The Morgan fingerprint density at radius 3 is 2.00 bits per heavy atom. The van der Waals surface area contributed by atoms with E-state index in [1.54, 1.807) is 0 Å². The Hall–Kier alpha value is -1.31. The molecule has 0 spiro atoms. The second-order valence-electron chi connectivity index (χ2n) is 6.57. The molecule has 2 radical (unpaired) electrons. The summed E-state index contributed by atoms with van der Waals surface area (Å²) in [4.78, 5) is 0. The van der Waals surface area contributed by atoms with Crippen LogP contribution in [0.15, 0.2) is 84.9 Å². The third-order valence-corrected chi connectivity index (χ3v) is 4.91. The molecule has 0 nitrogen and oxygen atoms in total. The average molecular weight is 528 g/mol. The molecule has 0 heterocycles. The Morgan fingerprint density at radius 2 is 1.30 bits per heavy atom. The summed E-state index contributed by atoms with van der Waals surface area (Å²) in [6.45, 7) is 5.24. The Bertz CT molecular complexity index is 1210. The Balaban J connectivity index is 0.00000136. The first-order chi connectivity index (χ1) is 12.8. The average Bonchev–Trinajstić information content (AvgIpc) is 3.12. The molecule has 30 heavy (non-hydrogen) atoms. The SMILES string of the molecule is Cc1cc(-c2cc3ccccc3[cH-]2)c2c(ccc3ccccc32)c1.Cl.Cl.[CH3-].[CH3-].[Si]=[Zr]. The third kappa shape index (κ3) is 5.29. The molecule has 0 aliphatic heterocycles. The van der Waals surface area contributed by atoms with Crippen molar-refractivity contribution in [2.45, 2.75) is 6.92 Å². The second-order valence-corrected chi connectivity index (χ2v) is 6.57. The zero-order valence-electron chi connectivity index (χ0n) is 17.4. The summed E-state index contributed by atoms with van der Waals surface area (Å²) in [7, 11) is 0. The van der Waals surface area contributed by atoms with Gasteiger partial charge < -0.3 is 14.9 Å². The van der Waals surface area contributed by atoms with Crippen LogP contribution in [0, 0.1) is 21.8 Å². The molecule has 4 heteroatoms. The van der Waals surface area contributed by atoms with Gasteiger partial charge in [-0.1, -0.05) is 77.9 Å².